The van der Waals surface area contributed by atoms with E-state index < -0.39 is 0 Å². The molecule has 28 heavy (non-hydrogen) atoms. The van der Waals surface area contributed by atoms with E-state index in [1.165, 1.54) is 11.3 Å². The monoisotopic (exact) mass is 412 g/mol. The first-order valence-electron chi connectivity index (χ1n) is 9.17. The zero-order valence-electron chi connectivity index (χ0n) is 15.5. The topological polar surface area (TPSA) is 59.5 Å². The number of thiazole rings is 1. The van der Waals surface area contributed by atoms with Gasteiger partial charge in [-0.25, -0.2) is 9.78 Å². The highest BCUT2D eigenvalue weighted by Gasteiger charge is 2.20. The lowest BCUT2D eigenvalue weighted by molar-refractivity contribution is 0.0477. The van der Waals surface area contributed by atoms with Gasteiger partial charge in [-0.15, -0.1) is 11.3 Å². The number of amides is 1. The Morgan fingerprint density at radius 1 is 1.14 bits per heavy atom. The fourth-order valence-electron chi connectivity index (χ4n) is 3.16. The molecule has 1 fully saturated rings. The van der Waals surface area contributed by atoms with Gasteiger partial charge < -0.3 is 9.64 Å². The van der Waals surface area contributed by atoms with E-state index in [4.69, 9.17) is 4.74 Å². The molecule has 0 aliphatic carbocycles. The largest absolute Gasteiger partial charge is 0.457 e. The minimum atomic E-state index is -0.367. The zero-order valence-corrected chi connectivity index (χ0v) is 17.1. The van der Waals surface area contributed by atoms with Crippen LogP contribution >= 0.6 is 22.7 Å². The Kier molecular flexibility index (Phi) is 5.54. The molecular formula is C21H20N2O3S2. The number of rotatable bonds is 5. The number of esters is 1. The van der Waals surface area contributed by atoms with Crippen LogP contribution in [0.5, 0.6) is 0 Å². The summed E-state index contributed by atoms with van der Waals surface area (Å²) >= 11 is 2.95. The van der Waals surface area contributed by atoms with Crippen molar-refractivity contribution >= 4 is 34.6 Å². The number of aryl methyl sites for hydroxylation is 1. The summed E-state index contributed by atoms with van der Waals surface area (Å²) in [6.45, 7) is 3.66. The van der Waals surface area contributed by atoms with Gasteiger partial charge >= 0.3 is 5.97 Å². The Bertz CT molecular complexity index is 972. The molecule has 2 aromatic heterocycles. The van der Waals surface area contributed by atoms with Crippen LogP contribution in [0, 0.1) is 6.92 Å². The molecule has 0 bridgehead atoms. The van der Waals surface area contributed by atoms with Crippen LogP contribution in [0.2, 0.25) is 0 Å². The van der Waals surface area contributed by atoms with Crippen molar-refractivity contribution in [3.63, 3.8) is 0 Å². The number of hydrogen-bond acceptors (Lipinski definition) is 6. The molecule has 0 spiro atoms. The van der Waals surface area contributed by atoms with Crippen molar-refractivity contribution in [2.75, 3.05) is 13.1 Å². The van der Waals surface area contributed by atoms with Gasteiger partial charge in [-0.2, -0.15) is 11.3 Å². The smallest absolute Gasteiger partial charge is 0.350 e. The quantitative estimate of drug-likeness (QED) is 0.566. The summed E-state index contributed by atoms with van der Waals surface area (Å²) < 4.78 is 5.46. The molecule has 0 saturated carbocycles. The lowest BCUT2D eigenvalue weighted by atomic mass is 10.1. The van der Waals surface area contributed by atoms with E-state index in [9.17, 15) is 9.59 Å². The van der Waals surface area contributed by atoms with Crippen LogP contribution in [-0.4, -0.2) is 34.8 Å². The van der Waals surface area contributed by atoms with E-state index >= 15 is 0 Å². The molecule has 0 atom stereocenters. The van der Waals surface area contributed by atoms with Crippen molar-refractivity contribution in [3.05, 3.63) is 62.8 Å². The summed E-state index contributed by atoms with van der Waals surface area (Å²) in [5, 5.41) is 4.83. The van der Waals surface area contributed by atoms with Crippen molar-refractivity contribution in [2.45, 2.75) is 26.4 Å². The van der Waals surface area contributed by atoms with Gasteiger partial charge in [-0.05, 0) is 48.9 Å². The third-order valence-corrected chi connectivity index (χ3v) is 6.58. The maximum atomic E-state index is 12.5. The highest BCUT2D eigenvalue weighted by atomic mass is 32.1. The van der Waals surface area contributed by atoms with Crippen molar-refractivity contribution in [3.8, 4) is 10.6 Å². The van der Waals surface area contributed by atoms with Crippen LogP contribution in [0.3, 0.4) is 0 Å². The number of likely N-dealkylation sites (tertiary alicyclic amines) is 1. The second kappa shape index (κ2) is 8.24. The molecular weight excluding hydrogens is 392 g/mol. The molecule has 0 N–H and O–H groups in total. The van der Waals surface area contributed by atoms with Gasteiger partial charge in [-0.1, -0.05) is 12.1 Å². The molecule has 7 heteroatoms. The second-order valence-electron chi connectivity index (χ2n) is 6.72. The Labute approximate surface area is 171 Å². The molecule has 1 aliphatic heterocycles. The highest BCUT2D eigenvalue weighted by molar-refractivity contribution is 7.17. The summed E-state index contributed by atoms with van der Waals surface area (Å²) in [6, 6.07) is 9.27. The number of carbonyl (C=O) groups excluding carboxylic acids is 2. The SMILES string of the molecule is Cc1nc(-c2ccsc2)sc1C(=O)OCc1ccc(C(=O)N2CCCC2)cc1. The van der Waals surface area contributed by atoms with Gasteiger partial charge in [0.15, 0.2) is 0 Å². The summed E-state index contributed by atoms with van der Waals surface area (Å²) in [5.41, 5.74) is 3.24. The minimum absolute atomic E-state index is 0.0716. The molecule has 144 valence electrons. The van der Waals surface area contributed by atoms with E-state index in [0.717, 1.165) is 42.1 Å². The zero-order chi connectivity index (χ0) is 19.5. The summed E-state index contributed by atoms with van der Waals surface area (Å²) in [5.74, 6) is -0.295. The van der Waals surface area contributed by atoms with E-state index in [1.54, 1.807) is 23.5 Å². The number of benzene rings is 1. The van der Waals surface area contributed by atoms with Crippen molar-refractivity contribution < 1.29 is 14.3 Å². The van der Waals surface area contributed by atoms with Gasteiger partial charge in [0.1, 0.15) is 16.5 Å². The second-order valence-corrected chi connectivity index (χ2v) is 8.50. The molecule has 5 nitrogen and oxygen atoms in total. The molecule has 0 unspecified atom stereocenters. The van der Waals surface area contributed by atoms with Crippen LogP contribution in [0.4, 0.5) is 0 Å². The number of nitrogens with zero attached hydrogens (tertiary/aromatic N) is 2. The standard InChI is InChI=1S/C21H20N2O3S2/c1-14-18(28-19(22-14)17-8-11-27-13-17)21(25)26-12-15-4-6-16(7-5-15)20(24)23-9-2-3-10-23/h4-8,11,13H,2-3,9-10,12H2,1H3. The number of aromatic nitrogens is 1. The van der Waals surface area contributed by atoms with E-state index in [2.05, 4.69) is 4.98 Å². The Balaban J connectivity index is 1.38. The molecule has 4 rings (SSSR count). The third-order valence-electron chi connectivity index (χ3n) is 4.71. The summed E-state index contributed by atoms with van der Waals surface area (Å²) in [6.07, 6.45) is 2.15. The molecule has 1 amide bonds. The van der Waals surface area contributed by atoms with Crippen LogP contribution in [-0.2, 0) is 11.3 Å². The van der Waals surface area contributed by atoms with Crippen LogP contribution < -0.4 is 0 Å². The normalized spacial score (nSPS) is 13.7. The lowest BCUT2D eigenvalue weighted by Gasteiger charge is -2.15. The lowest BCUT2D eigenvalue weighted by Crippen LogP contribution is -2.27. The predicted molar refractivity (Wildman–Crippen MR) is 111 cm³/mol. The van der Waals surface area contributed by atoms with Gasteiger partial charge in [-0.3, -0.25) is 4.79 Å². The first kappa shape index (κ1) is 18.8. The highest BCUT2D eigenvalue weighted by Crippen LogP contribution is 2.30. The molecule has 1 aliphatic rings. The maximum absolute atomic E-state index is 12.5. The fourth-order valence-corrected chi connectivity index (χ4v) is 4.83. The van der Waals surface area contributed by atoms with Gasteiger partial charge in [0, 0.05) is 29.6 Å². The van der Waals surface area contributed by atoms with E-state index in [-0.39, 0.29) is 18.5 Å². The number of carbonyl (C=O) groups is 2. The van der Waals surface area contributed by atoms with E-state index in [1.807, 2.05) is 40.8 Å². The first-order chi connectivity index (χ1) is 13.6. The number of thiophene rings is 1. The van der Waals surface area contributed by atoms with Crippen LogP contribution in [0.25, 0.3) is 10.6 Å². The van der Waals surface area contributed by atoms with Gasteiger partial charge in [0.2, 0.25) is 0 Å². The number of hydrogen-bond donors (Lipinski definition) is 0. The Morgan fingerprint density at radius 3 is 2.57 bits per heavy atom. The fraction of sp³-hybridized carbons (Fsp3) is 0.286. The third kappa shape index (κ3) is 4.00. The van der Waals surface area contributed by atoms with Crippen LogP contribution in [0.15, 0.2) is 41.1 Å². The minimum Gasteiger partial charge on any atom is -0.457 e. The molecule has 0 radical (unpaired) electrons. The number of ether oxygens (including phenoxy) is 1. The average molecular weight is 413 g/mol. The van der Waals surface area contributed by atoms with Crippen molar-refractivity contribution in [2.24, 2.45) is 0 Å². The van der Waals surface area contributed by atoms with Gasteiger partial charge in [0.25, 0.3) is 5.91 Å². The van der Waals surface area contributed by atoms with Gasteiger partial charge in [0.05, 0.1) is 5.69 Å². The Morgan fingerprint density at radius 2 is 1.89 bits per heavy atom. The van der Waals surface area contributed by atoms with Crippen molar-refractivity contribution in [1.29, 1.82) is 0 Å². The average Bonchev–Trinajstić information content (AvgIpc) is 3.47. The molecule has 3 aromatic rings. The molecule has 3 heterocycles. The van der Waals surface area contributed by atoms with Crippen molar-refractivity contribution in [1.82, 2.24) is 9.88 Å². The maximum Gasteiger partial charge on any atom is 0.350 e. The van der Waals surface area contributed by atoms with Crippen LogP contribution in [0.1, 0.15) is 44.1 Å². The summed E-state index contributed by atoms with van der Waals surface area (Å²) in [7, 11) is 0. The molecule has 1 saturated heterocycles. The molecule has 1 aromatic carbocycles. The van der Waals surface area contributed by atoms with E-state index in [0.29, 0.717) is 16.1 Å². The predicted octanol–water partition coefficient (Wildman–Crippen LogP) is 4.77. The summed E-state index contributed by atoms with van der Waals surface area (Å²) in [4.78, 5) is 31.7. The first-order valence-corrected chi connectivity index (χ1v) is 10.9. The Hall–Kier alpha value is -2.51.